The molecule has 1 aliphatic carbocycles. The largest absolute Gasteiger partial charge is 0.296 e. The molecule has 1 radical (unpaired) electrons. The van der Waals surface area contributed by atoms with Crippen LogP contribution in [0.15, 0.2) is 91.5 Å². The van der Waals surface area contributed by atoms with Gasteiger partial charge in [-0.05, 0) is 57.6 Å². The van der Waals surface area contributed by atoms with Gasteiger partial charge in [-0.15, -0.1) is 35.4 Å². The van der Waals surface area contributed by atoms with Gasteiger partial charge in [0.25, 0.3) is 0 Å². The minimum atomic E-state index is 0. The maximum absolute atomic E-state index is 5.03. The molecular formula is C30H20IrN-. The fourth-order valence-electron chi connectivity index (χ4n) is 4.73. The molecule has 32 heavy (non-hydrogen) atoms. The van der Waals surface area contributed by atoms with Gasteiger partial charge in [0.05, 0.1) is 5.52 Å². The van der Waals surface area contributed by atoms with Crippen molar-refractivity contribution < 1.29 is 20.1 Å². The van der Waals surface area contributed by atoms with E-state index in [0.29, 0.717) is 0 Å². The summed E-state index contributed by atoms with van der Waals surface area (Å²) >= 11 is 0. The number of fused-ring (bicyclic) bond motifs is 3. The summed E-state index contributed by atoms with van der Waals surface area (Å²) in [6.07, 6.45) is 1.88. The quantitative estimate of drug-likeness (QED) is 0.192. The standard InChI is InChI=1S/C30H20N.Ir/c1-3-20-14-15-23(19(2)16-20)21-8-6-9-22(17-21)29-18-27-25-11-5-4-10-24(25)26-12-7-13-28(31-29)30(26)27;/h3-8,10-18H,1H2,2H3;/q-1;. The molecule has 4 aromatic carbocycles. The molecule has 0 amide bonds. The predicted molar refractivity (Wildman–Crippen MR) is 131 cm³/mol. The first-order valence-corrected chi connectivity index (χ1v) is 10.5. The minimum absolute atomic E-state index is 0. The molecule has 0 fully saturated rings. The molecule has 5 aromatic rings. The van der Waals surface area contributed by atoms with Crippen LogP contribution >= 0.6 is 0 Å². The summed E-state index contributed by atoms with van der Waals surface area (Å²) in [5, 5.41) is 1.25. The van der Waals surface area contributed by atoms with E-state index in [1.54, 1.807) is 0 Å². The van der Waals surface area contributed by atoms with Gasteiger partial charge in [0.15, 0.2) is 0 Å². The Balaban J connectivity index is 0.00000216. The third-order valence-corrected chi connectivity index (χ3v) is 6.22. The molecule has 0 atom stereocenters. The second-order valence-electron chi connectivity index (χ2n) is 8.07. The van der Waals surface area contributed by atoms with Crippen molar-refractivity contribution in [3.8, 4) is 44.6 Å². The summed E-state index contributed by atoms with van der Waals surface area (Å²) in [5.74, 6) is 0. The summed E-state index contributed by atoms with van der Waals surface area (Å²) in [5.41, 5.74) is 12.9. The molecule has 0 bridgehead atoms. The Bertz CT molecular complexity index is 1510. The Morgan fingerprint density at radius 1 is 0.781 bits per heavy atom. The Morgan fingerprint density at radius 3 is 2.34 bits per heavy atom. The number of nitrogens with zero attached hydrogens (tertiary/aromatic N) is 1. The third kappa shape index (κ3) is 3.15. The van der Waals surface area contributed by atoms with Crippen molar-refractivity contribution in [3.63, 3.8) is 0 Å². The zero-order valence-corrected chi connectivity index (χ0v) is 20.0. The molecule has 0 spiro atoms. The zero-order chi connectivity index (χ0) is 20.9. The number of hydrogen-bond donors (Lipinski definition) is 0. The van der Waals surface area contributed by atoms with E-state index in [2.05, 4.69) is 98.4 Å². The molecule has 0 unspecified atom stereocenters. The number of hydrogen-bond acceptors (Lipinski definition) is 1. The van der Waals surface area contributed by atoms with Crippen LogP contribution < -0.4 is 0 Å². The summed E-state index contributed by atoms with van der Waals surface area (Å²) in [4.78, 5) is 5.03. The van der Waals surface area contributed by atoms with E-state index in [-0.39, 0.29) is 20.1 Å². The Hall–Kier alpha value is -3.32. The molecule has 155 valence electrons. The summed E-state index contributed by atoms with van der Waals surface area (Å²) in [6.45, 7) is 6.02. The second-order valence-corrected chi connectivity index (χ2v) is 8.07. The number of rotatable bonds is 3. The van der Waals surface area contributed by atoms with E-state index in [1.165, 1.54) is 44.3 Å². The van der Waals surface area contributed by atoms with Crippen LogP contribution in [0, 0.1) is 13.0 Å². The number of benzene rings is 4. The van der Waals surface area contributed by atoms with E-state index in [4.69, 9.17) is 4.98 Å². The van der Waals surface area contributed by atoms with Crippen LogP contribution in [-0.2, 0) is 20.1 Å². The third-order valence-electron chi connectivity index (χ3n) is 6.22. The number of pyridine rings is 1. The molecule has 0 saturated heterocycles. The van der Waals surface area contributed by atoms with Crippen LogP contribution in [0.2, 0.25) is 0 Å². The first-order chi connectivity index (χ1) is 15.2. The Kier molecular flexibility index (Phi) is 5.13. The number of aromatic nitrogens is 1. The van der Waals surface area contributed by atoms with Crippen LogP contribution in [0.4, 0.5) is 0 Å². The van der Waals surface area contributed by atoms with Crippen molar-refractivity contribution >= 4 is 17.0 Å². The summed E-state index contributed by atoms with van der Waals surface area (Å²) in [6, 6.07) is 33.4. The molecule has 1 aliphatic rings. The van der Waals surface area contributed by atoms with Gasteiger partial charge >= 0.3 is 0 Å². The minimum Gasteiger partial charge on any atom is -0.296 e. The van der Waals surface area contributed by atoms with Gasteiger partial charge in [0.1, 0.15) is 0 Å². The maximum Gasteiger partial charge on any atom is 0.0607 e. The van der Waals surface area contributed by atoms with Crippen molar-refractivity contribution in [2.24, 2.45) is 0 Å². The molecular weight excluding hydrogens is 567 g/mol. The molecule has 0 aliphatic heterocycles. The van der Waals surface area contributed by atoms with Crippen LogP contribution in [0.3, 0.4) is 0 Å². The first kappa shape index (κ1) is 20.6. The monoisotopic (exact) mass is 587 g/mol. The zero-order valence-electron chi connectivity index (χ0n) is 17.6. The van der Waals surface area contributed by atoms with Gasteiger partial charge in [-0.25, -0.2) is 0 Å². The van der Waals surface area contributed by atoms with Crippen LogP contribution in [0.5, 0.6) is 0 Å². The van der Waals surface area contributed by atoms with Crippen molar-refractivity contribution in [1.82, 2.24) is 4.98 Å². The smallest absolute Gasteiger partial charge is 0.0607 e. The van der Waals surface area contributed by atoms with Gasteiger partial charge in [-0.1, -0.05) is 73.3 Å². The topological polar surface area (TPSA) is 12.9 Å². The van der Waals surface area contributed by atoms with E-state index < -0.39 is 0 Å². The van der Waals surface area contributed by atoms with Gasteiger partial charge in [-0.2, -0.15) is 0 Å². The van der Waals surface area contributed by atoms with Crippen LogP contribution in [-0.4, -0.2) is 4.98 Å². The predicted octanol–water partition coefficient (Wildman–Crippen LogP) is 7.97. The van der Waals surface area contributed by atoms with Crippen molar-refractivity contribution in [1.29, 1.82) is 0 Å². The summed E-state index contributed by atoms with van der Waals surface area (Å²) < 4.78 is 0. The summed E-state index contributed by atoms with van der Waals surface area (Å²) in [7, 11) is 0. The van der Waals surface area contributed by atoms with Gasteiger partial charge in [0, 0.05) is 25.5 Å². The van der Waals surface area contributed by atoms with Crippen LogP contribution in [0.1, 0.15) is 11.1 Å². The Labute approximate surface area is 201 Å². The number of aryl methyl sites for hydroxylation is 1. The maximum atomic E-state index is 5.03. The molecule has 1 aromatic heterocycles. The van der Waals surface area contributed by atoms with E-state index in [1.807, 2.05) is 12.1 Å². The normalized spacial score (nSPS) is 11.2. The molecule has 1 heterocycles. The molecule has 0 saturated carbocycles. The van der Waals surface area contributed by atoms with Gasteiger partial charge in [-0.3, -0.25) is 4.98 Å². The van der Waals surface area contributed by atoms with Gasteiger partial charge < -0.3 is 0 Å². The first-order valence-electron chi connectivity index (χ1n) is 10.5. The van der Waals surface area contributed by atoms with E-state index in [0.717, 1.165) is 22.3 Å². The van der Waals surface area contributed by atoms with Gasteiger partial charge in [0.2, 0.25) is 0 Å². The Morgan fingerprint density at radius 2 is 1.56 bits per heavy atom. The fraction of sp³-hybridized carbons (Fsp3) is 0.0333. The molecule has 2 heteroatoms. The van der Waals surface area contributed by atoms with Crippen molar-refractivity contribution in [2.75, 3.05) is 0 Å². The molecule has 6 rings (SSSR count). The molecule has 0 N–H and O–H groups in total. The average molecular weight is 587 g/mol. The van der Waals surface area contributed by atoms with Crippen LogP contribution in [0.25, 0.3) is 61.6 Å². The van der Waals surface area contributed by atoms with E-state index in [9.17, 15) is 0 Å². The SMILES string of the molecule is C=Cc1ccc(-c2cc[c-]c(-c3cc4c5c(cccc5n3)-c3ccccc3-4)c2)c(C)c1.[Ir]. The fourth-order valence-corrected chi connectivity index (χ4v) is 4.73. The second kappa shape index (κ2) is 7.98. The van der Waals surface area contributed by atoms with E-state index >= 15 is 0 Å². The van der Waals surface area contributed by atoms with Crippen molar-refractivity contribution in [3.05, 3.63) is 109 Å². The molecule has 1 nitrogen and oxygen atoms in total. The average Bonchev–Trinajstić information content (AvgIpc) is 3.14. The van der Waals surface area contributed by atoms with Crippen molar-refractivity contribution in [2.45, 2.75) is 6.92 Å².